The molecule has 1 aliphatic heterocycles. The molecular formula is C19H18F2N2O7S. The summed E-state index contributed by atoms with van der Waals surface area (Å²) >= 11 is 0. The van der Waals surface area contributed by atoms with E-state index < -0.39 is 33.6 Å². The van der Waals surface area contributed by atoms with E-state index in [0.717, 1.165) is 18.2 Å². The van der Waals surface area contributed by atoms with Crippen molar-refractivity contribution in [3.05, 3.63) is 65.7 Å². The van der Waals surface area contributed by atoms with Gasteiger partial charge in [-0.15, -0.1) is 0 Å². The number of nitrogens with zero attached hydrogens (tertiary/aromatic N) is 2. The van der Waals surface area contributed by atoms with Gasteiger partial charge in [0.2, 0.25) is 10.0 Å². The summed E-state index contributed by atoms with van der Waals surface area (Å²) in [5, 5.41) is 14.8. The fourth-order valence-electron chi connectivity index (χ4n) is 2.69. The fourth-order valence-corrected chi connectivity index (χ4v) is 4.11. The average molecular weight is 456 g/mol. The van der Waals surface area contributed by atoms with Crippen molar-refractivity contribution in [2.75, 3.05) is 26.2 Å². The lowest BCUT2D eigenvalue weighted by molar-refractivity contribution is -0.159. The quantitative estimate of drug-likeness (QED) is 0.665. The Hall–Kier alpha value is -3.38. The number of carbonyl (C=O) groups is 3. The normalized spacial score (nSPS) is 14.3. The maximum atomic E-state index is 13.2. The zero-order valence-electron chi connectivity index (χ0n) is 15.9. The molecule has 0 spiro atoms. The number of halogens is 2. The van der Waals surface area contributed by atoms with Gasteiger partial charge in [-0.3, -0.25) is 4.79 Å². The van der Waals surface area contributed by atoms with E-state index >= 15 is 0 Å². The second-order valence-electron chi connectivity index (χ2n) is 6.27. The number of carbonyl (C=O) groups excluding carboxylic acids is 1. The Balaban J connectivity index is 0.000000501. The summed E-state index contributed by atoms with van der Waals surface area (Å²) < 4.78 is 52.6. The minimum absolute atomic E-state index is 0.0128. The summed E-state index contributed by atoms with van der Waals surface area (Å²) in [7, 11) is -3.73. The van der Waals surface area contributed by atoms with Crippen LogP contribution in [0.1, 0.15) is 10.4 Å². The first-order valence-electron chi connectivity index (χ1n) is 8.79. The molecule has 1 saturated heterocycles. The van der Waals surface area contributed by atoms with E-state index in [1.165, 1.54) is 39.5 Å². The molecule has 1 fully saturated rings. The summed E-state index contributed by atoms with van der Waals surface area (Å²) in [6.07, 6.45) is 0. The number of amides is 1. The zero-order chi connectivity index (χ0) is 23.2. The second-order valence-corrected chi connectivity index (χ2v) is 8.21. The second kappa shape index (κ2) is 10.1. The molecule has 31 heavy (non-hydrogen) atoms. The first-order chi connectivity index (χ1) is 14.5. The molecule has 0 radical (unpaired) electrons. The van der Waals surface area contributed by atoms with Crippen molar-refractivity contribution < 1.29 is 41.8 Å². The predicted octanol–water partition coefficient (Wildman–Crippen LogP) is 1.27. The summed E-state index contributed by atoms with van der Waals surface area (Å²) in [4.78, 5) is 32.1. The third kappa shape index (κ3) is 6.30. The number of aliphatic carboxylic acids is 2. The molecule has 0 aromatic heterocycles. The fraction of sp³-hybridized carbons (Fsp3) is 0.211. The zero-order valence-corrected chi connectivity index (χ0v) is 16.8. The number of rotatable bonds is 3. The van der Waals surface area contributed by atoms with Crippen LogP contribution < -0.4 is 0 Å². The van der Waals surface area contributed by atoms with Gasteiger partial charge in [0.05, 0.1) is 4.90 Å². The van der Waals surface area contributed by atoms with Gasteiger partial charge in [-0.05, 0) is 42.5 Å². The number of sulfonamides is 1. The molecule has 0 aliphatic carbocycles. The van der Waals surface area contributed by atoms with E-state index in [1.807, 2.05) is 0 Å². The minimum atomic E-state index is -3.73. The first kappa shape index (κ1) is 23.9. The molecular weight excluding hydrogens is 438 g/mol. The smallest absolute Gasteiger partial charge is 0.414 e. The number of piperazine rings is 1. The van der Waals surface area contributed by atoms with E-state index in [1.54, 1.807) is 0 Å². The van der Waals surface area contributed by atoms with Crippen molar-refractivity contribution in [3.8, 4) is 0 Å². The van der Waals surface area contributed by atoms with E-state index in [9.17, 15) is 22.0 Å². The van der Waals surface area contributed by atoms with Crippen LogP contribution >= 0.6 is 0 Å². The van der Waals surface area contributed by atoms with Crippen molar-refractivity contribution in [1.82, 2.24) is 9.21 Å². The van der Waals surface area contributed by atoms with E-state index in [0.29, 0.717) is 0 Å². The summed E-state index contributed by atoms with van der Waals surface area (Å²) in [6, 6.07) is 10.0. The molecule has 12 heteroatoms. The van der Waals surface area contributed by atoms with Gasteiger partial charge in [0.25, 0.3) is 5.91 Å². The Bertz CT molecular complexity index is 1050. The van der Waals surface area contributed by atoms with Crippen LogP contribution in [0.2, 0.25) is 0 Å². The number of carboxylic acid groups (broad SMARTS) is 2. The van der Waals surface area contributed by atoms with Crippen LogP contribution in [0.4, 0.5) is 8.78 Å². The highest BCUT2D eigenvalue weighted by molar-refractivity contribution is 7.89. The number of benzene rings is 2. The van der Waals surface area contributed by atoms with Gasteiger partial charge in [-0.2, -0.15) is 4.31 Å². The molecule has 1 aliphatic rings. The van der Waals surface area contributed by atoms with Gasteiger partial charge in [0.15, 0.2) is 0 Å². The lowest BCUT2D eigenvalue weighted by Gasteiger charge is -2.34. The third-order valence-corrected chi connectivity index (χ3v) is 6.14. The number of hydrogen-bond donors (Lipinski definition) is 2. The molecule has 1 heterocycles. The monoisotopic (exact) mass is 456 g/mol. The molecule has 0 atom stereocenters. The lowest BCUT2D eigenvalue weighted by atomic mass is 10.2. The standard InChI is InChI=1S/C17H16F2N2O3S.C2H2O4/c18-14-4-6-16(7-5-14)25(23,24)21-10-8-20(9-11-21)17(22)13-2-1-3-15(19)12-13;3-1(4)2(5)6/h1-7,12H,8-11H2;(H,3,4)(H,5,6). The average Bonchev–Trinajstić information content (AvgIpc) is 2.74. The topological polar surface area (TPSA) is 132 Å². The van der Waals surface area contributed by atoms with Crippen LogP contribution in [0, 0.1) is 11.6 Å². The van der Waals surface area contributed by atoms with Crippen molar-refractivity contribution in [2.24, 2.45) is 0 Å². The van der Waals surface area contributed by atoms with Gasteiger partial charge in [-0.1, -0.05) is 6.07 Å². The molecule has 2 aromatic rings. The summed E-state index contributed by atoms with van der Waals surface area (Å²) in [6.45, 7) is 0.660. The summed E-state index contributed by atoms with van der Waals surface area (Å²) in [5.74, 6) is -4.99. The largest absolute Gasteiger partial charge is 0.473 e. The molecule has 2 aromatic carbocycles. The first-order valence-corrected chi connectivity index (χ1v) is 10.2. The maximum Gasteiger partial charge on any atom is 0.414 e. The molecule has 0 saturated carbocycles. The molecule has 9 nitrogen and oxygen atoms in total. The molecule has 2 N–H and O–H groups in total. The van der Waals surface area contributed by atoms with E-state index in [2.05, 4.69) is 0 Å². The Morgan fingerprint density at radius 2 is 1.35 bits per heavy atom. The van der Waals surface area contributed by atoms with E-state index in [4.69, 9.17) is 19.8 Å². The van der Waals surface area contributed by atoms with Gasteiger partial charge in [-0.25, -0.2) is 26.8 Å². The third-order valence-electron chi connectivity index (χ3n) is 4.23. The van der Waals surface area contributed by atoms with Gasteiger partial charge >= 0.3 is 11.9 Å². The Morgan fingerprint density at radius 3 is 1.84 bits per heavy atom. The molecule has 3 rings (SSSR count). The van der Waals surface area contributed by atoms with Crippen LogP contribution in [0.15, 0.2) is 53.4 Å². The van der Waals surface area contributed by atoms with Crippen LogP contribution in [-0.4, -0.2) is 71.9 Å². The number of carboxylic acids is 2. The molecule has 0 unspecified atom stereocenters. The van der Waals surface area contributed by atoms with Crippen LogP contribution in [-0.2, 0) is 19.6 Å². The van der Waals surface area contributed by atoms with Crippen LogP contribution in [0.3, 0.4) is 0 Å². The highest BCUT2D eigenvalue weighted by Gasteiger charge is 2.30. The minimum Gasteiger partial charge on any atom is -0.473 e. The predicted molar refractivity (Wildman–Crippen MR) is 103 cm³/mol. The van der Waals surface area contributed by atoms with Gasteiger partial charge < -0.3 is 15.1 Å². The highest BCUT2D eigenvalue weighted by Crippen LogP contribution is 2.19. The summed E-state index contributed by atoms with van der Waals surface area (Å²) in [5.41, 5.74) is 0.231. The SMILES string of the molecule is O=C(O)C(=O)O.O=C(c1cccc(F)c1)N1CCN(S(=O)(=O)c2ccc(F)cc2)CC1. The highest BCUT2D eigenvalue weighted by atomic mass is 32.2. The van der Waals surface area contributed by atoms with Crippen molar-refractivity contribution in [3.63, 3.8) is 0 Å². The lowest BCUT2D eigenvalue weighted by Crippen LogP contribution is -2.50. The number of hydrogen-bond acceptors (Lipinski definition) is 5. The van der Waals surface area contributed by atoms with Gasteiger partial charge in [0, 0.05) is 31.7 Å². The van der Waals surface area contributed by atoms with Gasteiger partial charge in [0.1, 0.15) is 11.6 Å². The van der Waals surface area contributed by atoms with Crippen LogP contribution in [0.5, 0.6) is 0 Å². The van der Waals surface area contributed by atoms with Crippen molar-refractivity contribution in [1.29, 1.82) is 0 Å². The Kier molecular flexibility index (Phi) is 7.78. The molecule has 1 amide bonds. The van der Waals surface area contributed by atoms with Crippen molar-refractivity contribution >= 4 is 27.9 Å². The Labute approximate surface area is 176 Å². The van der Waals surface area contributed by atoms with Crippen molar-refractivity contribution in [2.45, 2.75) is 4.90 Å². The van der Waals surface area contributed by atoms with E-state index in [-0.39, 0.29) is 42.5 Å². The molecule has 166 valence electrons. The Morgan fingerprint density at radius 1 is 0.806 bits per heavy atom. The van der Waals surface area contributed by atoms with Crippen LogP contribution in [0.25, 0.3) is 0 Å². The molecule has 0 bridgehead atoms. The maximum absolute atomic E-state index is 13.2.